The summed E-state index contributed by atoms with van der Waals surface area (Å²) in [6, 6.07) is 7.83. The molecule has 9 nitrogen and oxygen atoms in total. The summed E-state index contributed by atoms with van der Waals surface area (Å²) in [6.45, 7) is 1.63. The van der Waals surface area contributed by atoms with E-state index in [1.54, 1.807) is 34.9 Å². The Balaban J connectivity index is 1.39. The number of carbonyl (C=O) groups is 1. The third-order valence-electron chi connectivity index (χ3n) is 6.09. The average Bonchev–Trinajstić information content (AvgIpc) is 3.52. The first-order valence-corrected chi connectivity index (χ1v) is 10.7. The first-order valence-electron chi connectivity index (χ1n) is 10.7. The molecule has 2 N–H and O–H groups in total. The normalized spacial score (nSPS) is 20.8. The molecule has 1 aromatic carbocycles. The number of nitrogens with zero attached hydrogens (tertiary/aromatic N) is 5. The van der Waals surface area contributed by atoms with Gasteiger partial charge in [-0.3, -0.25) is 5.32 Å². The Bertz CT molecular complexity index is 1150. The Morgan fingerprint density at radius 2 is 2.12 bits per heavy atom. The maximum Gasteiger partial charge on any atom is 0.323 e. The van der Waals surface area contributed by atoms with Crippen molar-refractivity contribution >= 4 is 23.3 Å². The number of hydrogen-bond donors (Lipinski definition) is 2. The van der Waals surface area contributed by atoms with Crippen LogP contribution in [0.25, 0.3) is 5.65 Å². The lowest BCUT2D eigenvalue weighted by atomic mass is 10.0. The number of fused-ring (bicyclic) bond motifs is 1. The largest absolute Gasteiger partial charge is 0.496 e. The lowest BCUT2D eigenvalue weighted by Gasteiger charge is -2.27. The number of hydrogen-bond acceptors (Lipinski definition) is 6. The smallest absolute Gasteiger partial charge is 0.323 e. The van der Waals surface area contributed by atoms with Crippen LogP contribution in [-0.2, 0) is 0 Å². The minimum atomic E-state index is -0.476. The number of benzene rings is 1. The highest BCUT2D eigenvalue weighted by molar-refractivity contribution is 5.89. The molecule has 0 aliphatic carbocycles. The summed E-state index contributed by atoms with van der Waals surface area (Å²) in [5, 5.41) is 16.8. The van der Waals surface area contributed by atoms with Crippen molar-refractivity contribution in [1.29, 1.82) is 0 Å². The van der Waals surface area contributed by atoms with Crippen molar-refractivity contribution in [2.75, 3.05) is 37.0 Å². The molecule has 2 aliphatic rings. The van der Waals surface area contributed by atoms with Crippen LogP contribution in [0.5, 0.6) is 5.75 Å². The Kier molecular flexibility index (Phi) is 5.30. The van der Waals surface area contributed by atoms with Crippen LogP contribution in [0.15, 0.2) is 36.5 Å². The molecular formula is C22H25FN6O3. The average molecular weight is 440 g/mol. The van der Waals surface area contributed by atoms with E-state index in [4.69, 9.17) is 9.72 Å². The quantitative estimate of drug-likeness (QED) is 0.648. The number of methoxy groups -OCH3 is 1. The van der Waals surface area contributed by atoms with Crippen molar-refractivity contribution in [1.82, 2.24) is 19.5 Å². The molecule has 2 amide bonds. The number of carbonyl (C=O) groups excluding carboxylic acids is 1. The highest BCUT2D eigenvalue weighted by atomic mass is 19.1. The van der Waals surface area contributed by atoms with Gasteiger partial charge in [0.15, 0.2) is 11.5 Å². The summed E-state index contributed by atoms with van der Waals surface area (Å²) >= 11 is 0. The van der Waals surface area contributed by atoms with E-state index >= 15 is 0 Å². The zero-order chi connectivity index (χ0) is 22.2. The molecule has 10 heteroatoms. The number of likely N-dealkylation sites (tertiary alicyclic amines) is 1. The maximum absolute atomic E-state index is 14.0. The summed E-state index contributed by atoms with van der Waals surface area (Å²) in [6.07, 6.45) is 3.73. The Hall–Kier alpha value is -3.40. The van der Waals surface area contributed by atoms with E-state index in [0.29, 0.717) is 36.7 Å². The van der Waals surface area contributed by atoms with E-state index < -0.39 is 6.10 Å². The van der Waals surface area contributed by atoms with Gasteiger partial charge in [-0.25, -0.2) is 18.7 Å². The number of rotatable bonds is 4. The van der Waals surface area contributed by atoms with Crippen molar-refractivity contribution < 1.29 is 19.0 Å². The van der Waals surface area contributed by atoms with Crippen LogP contribution in [0.1, 0.15) is 30.9 Å². The van der Waals surface area contributed by atoms with Gasteiger partial charge in [-0.1, -0.05) is 0 Å². The van der Waals surface area contributed by atoms with Gasteiger partial charge in [0.2, 0.25) is 0 Å². The van der Waals surface area contributed by atoms with Crippen LogP contribution in [0.2, 0.25) is 0 Å². The highest BCUT2D eigenvalue weighted by Crippen LogP contribution is 2.39. The lowest BCUT2D eigenvalue weighted by Crippen LogP contribution is -2.33. The molecule has 0 unspecified atom stereocenters. The van der Waals surface area contributed by atoms with Gasteiger partial charge in [-0.2, -0.15) is 0 Å². The zero-order valence-corrected chi connectivity index (χ0v) is 17.7. The van der Waals surface area contributed by atoms with E-state index in [1.807, 2.05) is 6.07 Å². The fourth-order valence-corrected chi connectivity index (χ4v) is 4.54. The van der Waals surface area contributed by atoms with Crippen molar-refractivity contribution in [2.45, 2.75) is 31.4 Å². The predicted molar refractivity (Wildman–Crippen MR) is 116 cm³/mol. The summed E-state index contributed by atoms with van der Waals surface area (Å²) in [7, 11) is 1.59. The molecule has 2 aliphatic heterocycles. The molecule has 2 aromatic heterocycles. The Labute approximate surface area is 184 Å². The van der Waals surface area contributed by atoms with Gasteiger partial charge in [0.25, 0.3) is 0 Å². The van der Waals surface area contributed by atoms with Gasteiger partial charge in [-0.15, -0.1) is 5.10 Å². The number of amides is 2. The molecule has 4 heterocycles. The molecule has 32 heavy (non-hydrogen) atoms. The molecule has 0 bridgehead atoms. The molecular weight excluding hydrogens is 415 g/mol. The number of halogens is 1. The number of aliphatic hydroxyl groups is 1. The summed E-state index contributed by atoms with van der Waals surface area (Å²) in [5.41, 5.74) is 1.40. The van der Waals surface area contributed by atoms with E-state index in [0.717, 1.165) is 30.8 Å². The number of aromatic nitrogens is 3. The third-order valence-corrected chi connectivity index (χ3v) is 6.09. The first kappa shape index (κ1) is 20.5. The summed E-state index contributed by atoms with van der Waals surface area (Å²) in [4.78, 5) is 20.8. The standard InChI is InChI=1S/C22H25FN6O3/c1-32-18-5-4-14(23)11-16(18)17-3-2-8-28(17)20-7-10-29-21(25-20)12-19(26-29)24-22(31)27-9-6-15(30)13-27/h4-5,7,10-12,15,17,30H,2-3,6,8-9,13H2,1H3,(H,24,26,31)/t15-,17+/m0/s1. The number of ether oxygens (including phenoxy) is 1. The number of anilines is 2. The topological polar surface area (TPSA) is 95.2 Å². The maximum atomic E-state index is 14.0. The number of urea groups is 1. The first-order chi connectivity index (χ1) is 15.5. The molecule has 0 saturated carbocycles. The van der Waals surface area contributed by atoms with E-state index in [1.165, 1.54) is 12.1 Å². The fourth-order valence-electron chi connectivity index (χ4n) is 4.54. The minimum Gasteiger partial charge on any atom is -0.496 e. The zero-order valence-electron chi connectivity index (χ0n) is 17.7. The van der Waals surface area contributed by atoms with Gasteiger partial charge >= 0.3 is 6.03 Å². The van der Waals surface area contributed by atoms with Crippen LogP contribution < -0.4 is 15.0 Å². The molecule has 2 saturated heterocycles. The molecule has 168 valence electrons. The van der Waals surface area contributed by atoms with Gasteiger partial charge in [-0.05, 0) is 43.5 Å². The van der Waals surface area contributed by atoms with E-state index in [9.17, 15) is 14.3 Å². The number of nitrogens with one attached hydrogen (secondary N) is 1. The molecule has 5 rings (SSSR count). The predicted octanol–water partition coefficient (Wildman–Crippen LogP) is 2.82. The van der Waals surface area contributed by atoms with Gasteiger partial charge in [0.1, 0.15) is 17.4 Å². The van der Waals surface area contributed by atoms with Gasteiger partial charge < -0.3 is 19.6 Å². The van der Waals surface area contributed by atoms with Crippen LogP contribution in [0, 0.1) is 5.82 Å². The second-order valence-corrected chi connectivity index (χ2v) is 8.17. The molecule has 3 aromatic rings. The minimum absolute atomic E-state index is 0.0423. The third kappa shape index (κ3) is 3.81. The van der Waals surface area contributed by atoms with Crippen molar-refractivity contribution in [3.63, 3.8) is 0 Å². The van der Waals surface area contributed by atoms with Gasteiger partial charge in [0, 0.05) is 37.5 Å². The van der Waals surface area contributed by atoms with Gasteiger partial charge in [0.05, 0.1) is 19.3 Å². The second kappa shape index (κ2) is 8.27. The molecule has 0 spiro atoms. The highest BCUT2D eigenvalue weighted by Gasteiger charge is 2.30. The van der Waals surface area contributed by atoms with Crippen LogP contribution in [0.4, 0.5) is 20.8 Å². The number of aliphatic hydroxyl groups excluding tert-OH is 1. The van der Waals surface area contributed by atoms with Crippen LogP contribution in [0.3, 0.4) is 0 Å². The van der Waals surface area contributed by atoms with E-state index in [-0.39, 0.29) is 17.9 Å². The van der Waals surface area contributed by atoms with Crippen molar-refractivity contribution in [3.8, 4) is 5.75 Å². The second-order valence-electron chi connectivity index (χ2n) is 8.17. The van der Waals surface area contributed by atoms with Crippen molar-refractivity contribution in [2.24, 2.45) is 0 Å². The fraction of sp³-hybridized carbons (Fsp3) is 0.409. The monoisotopic (exact) mass is 440 g/mol. The van der Waals surface area contributed by atoms with Crippen LogP contribution in [-0.4, -0.2) is 63.5 Å². The Morgan fingerprint density at radius 1 is 1.25 bits per heavy atom. The molecule has 2 atom stereocenters. The van der Waals surface area contributed by atoms with Crippen molar-refractivity contribution in [3.05, 3.63) is 47.9 Å². The summed E-state index contributed by atoms with van der Waals surface area (Å²) in [5.74, 6) is 1.51. The molecule has 2 fully saturated rings. The molecule has 0 radical (unpaired) electrons. The van der Waals surface area contributed by atoms with E-state index in [2.05, 4.69) is 15.3 Å². The lowest BCUT2D eigenvalue weighted by molar-refractivity contribution is 0.176. The SMILES string of the molecule is COc1ccc(F)cc1[C@H]1CCCN1c1ccn2nc(NC(=O)N3CC[C@H](O)C3)cc2n1. The van der Waals surface area contributed by atoms with Crippen LogP contribution >= 0.6 is 0 Å². The number of β-amino-alcohol motifs (C(OH)–C–C–N with tert-alkyl or cyclic N) is 1. The summed E-state index contributed by atoms with van der Waals surface area (Å²) < 4.78 is 21.0. The Morgan fingerprint density at radius 3 is 2.91 bits per heavy atom.